The van der Waals surface area contributed by atoms with Gasteiger partial charge in [-0.15, -0.1) is 0 Å². The molecule has 0 radical (unpaired) electrons. The first kappa shape index (κ1) is 13.9. The number of benzene rings is 1. The van der Waals surface area contributed by atoms with E-state index in [9.17, 15) is 5.26 Å². The molecule has 0 amide bonds. The molecule has 1 fully saturated rings. The number of anilines is 1. The standard InChI is InChI=1S/C17H24N2/c1-3-4-15-9-11-17(13-18,12-10-15)19-16-7-5-14(2)6-8-16/h5-8,15,19H,3-4,9-12H2,1-2H3. The van der Waals surface area contributed by atoms with Crippen LogP contribution in [0.15, 0.2) is 24.3 Å². The second-order valence-electron chi connectivity index (χ2n) is 5.92. The van der Waals surface area contributed by atoms with E-state index in [0.29, 0.717) is 0 Å². The number of hydrogen-bond acceptors (Lipinski definition) is 2. The number of hydrogen-bond donors (Lipinski definition) is 1. The monoisotopic (exact) mass is 256 g/mol. The lowest BCUT2D eigenvalue weighted by Gasteiger charge is -2.36. The molecule has 1 aliphatic carbocycles. The minimum Gasteiger partial charge on any atom is -0.367 e. The van der Waals surface area contributed by atoms with Gasteiger partial charge in [0, 0.05) is 5.69 Å². The van der Waals surface area contributed by atoms with Crippen LogP contribution in [0.5, 0.6) is 0 Å². The van der Waals surface area contributed by atoms with Crippen molar-refractivity contribution in [1.82, 2.24) is 0 Å². The summed E-state index contributed by atoms with van der Waals surface area (Å²) >= 11 is 0. The summed E-state index contributed by atoms with van der Waals surface area (Å²) in [6, 6.07) is 10.9. The van der Waals surface area contributed by atoms with Crippen LogP contribution in [0.4, 0.5) is 5.69 Å². The number of rotatable bonds is 4. The molecule has 2 rings (SSSR count). The molecular weight excluding hydrogens is 232 g/mol. The maximum absolute atomic E-state index is 9.56. The summed E-state index contributed by atoms with van der Waals surface area (Å²) in [6.07, 6.45) is 6.88. The Morgan fingerprint density at radius 2 is 1.89 bits per heavy atom. The van der Waals surface area contributed by atoms with Gasteiger partial charge in [0.05, 0.1) is 6.07 Å². The lowest BCUT2D eigenvalue weighted by Crippen LogP contribution is -2.40. The van der Waals surface area contributed by atoms with Gasteiger partial charge >= 0.3 is 0 Å². The van der Waals surface area contributed by atoms with E-state index in [-0.39, 0.29) is 5.54 Å². The summed E-state index contributed by atoms with van der Waals surface area (Å²) in [4.78, 5) is 0. The van der Waals surface area contributed by atoms with Gasteiger partial charge in [-0.1, -0.05) is 37.5 Å². The third-order valence-electron chi connectivity index (χ3n) is 4.30. The van der Waals surface area contributed by atoms with E-state index in [0.717, 1.165) is 24.4 Å². The van der Waals surface area contributed by atoms with Gasteiger partial charge in [0.25, 0.3) is 0 Å². The zero-order valence-electron chi connectivity index (χ0n) is 12.1. The molecule has 0 spiro atoms. The number of nitriles is 1. The van der Waals surface area contributed by atoms with Gasteiger partial charge < -0.3 is 5.32 Å². The van der Waals surface area contributed by atoms with Crippen molar-refractivity contribution in [2.45, 2.75) is 57.9 Å². The van der Waals surface area contributed by atoms with E-state index in [4.69, 9.17) is 0 Å². The third kappa shape index (κ3) is 3.50. The second-order valence-corrected chi connectivity index (χ2v) is 5.92. The largest absolute Gasteiger partial charge is 0.367 e. The summed E-state index contributed by atoms with van der Waals surface area (Å²) < 4.78 is 0. The predicted molar refractivity (Wildman–Crippen MR) is 80.0 cm³/mol. The van der Waals surface area contributed by atoms with Gasteiger partial charge in [-0.3, -0.25) is 0 Å². The van der Waals surface area contributed by atoms with Crippen molar-refractivity contribution in [1.29, 1.82) is 5.26 Å². The highest BCUT2D eigenvalue weighted by Gasteiger charge is 2.35. The highest BCUT2D eigenvalue weighted by molar-refractivity contribution is 5.48. The lowest BCUT2D eigenvalue weighted by molar-refractivity contribution is 0.282. The maximum Gasteiger partial charge on any atom is 0.125 e. The average Bonchev–Trinajstić information content (AvgIpc) is 2.44. The Bertz CT molecular complexity index is 433. The molecule has 1 aromatic carbocycles. The summed E-state index contributed by atoms with van der Waals surface area (Å²) in [5.41, 5.74) is 1.98. The average molecular weight is 256 g/mol. The van der Waals surface area contributed by atoms with Crippen LogP contribution in [0.1, 0.15) is 51.0 Å². The van der Waals surface area contributed by atoms with E-state index < -0.39 is 0 Å². The first-order valence-corrected chi connectivity index (χ1v) is 7.43. The molecule has 1 aromatic rings. The van der Waals surface area contributed by atoms with E-state index in [1.807, 2.05) is 0 Å². The summed E-state index contributed by atoms with van der Waals surface area (Å²) in [6.45, 7) is 4.33. The summed E-state index contributed by atoms with van der Waals surface area (Å²) in [5, 5.41) is 13.0. The molecule has 0 saturated heterocycles. The highest BCUT2D eigenvalue weighted by Crippen LogP contribution is 2.36. The van der Waals surface area contributed by atoms with Crippen molar-refractivity contribution >= 4 is 5.69 Å². The van der Waals surface area contributed by atoms with Gasteiger partial charge in [0.2, 0.25) is 0 Å². The molecule has 1 N–H and O–H groups in total. The fourth-order valence-corrected chi connectivity index (χ4v) is 3.05. The van der Waals surface area contributed by atoms with Crippen LogP contribution in [-0.4, -0.2) is 5.54 Å². The van der Waals surface area contributed by atoms with Crippen LogP contribution in [0.3, 0.4) is 0 Å². The lowest BCUT2D eigenvalue weighted by atomic mass is 9.75. The molecule has 0 bridgehead atoms. The van der Waals surface area contributed by atoms with Gasteiger partial charge in [0.15, 0.2) is 0 Å². The Labute approximate surface area is 116 Å². The Balaban J connectivity index is 2.01. The Morgan fingerprint density at radius 3 is 2.42 bits per heavy atom. The third-order valence-corrected chi connectivity index (χ3v) is 4.30. The minimum atomic E-state index is -0.348. The molecule has 0 unspecified atom stereocenters. The number of nitrogens with zero attached hydrogens (tertiary/aromatic N) is 1. The molecule has 1 saturated carbocycles. The maximum atomic E-state index is 9.56. The van der Waals surface area contributed by atoms with Crippen LogP contribution in [-0.2, 0) is 0 Å². The first-order chi connectivity index (χ1) is 9.17. The highest BCUT2D eigenvalue weighted by atomic mass is 15.0. The van der Waals surface area contributed by atoms with Crippen molar-refractivity contribution < 1.29 is 0 Å². The summed E-state index contributed by atoms with van der Waals surface area (Å²) in [5.74, 6) is 0.825. The molecule has 0 aliphatic heterocycles. The van der Waals surface area contributed by atoms with Crippen LogP contribution in [0.25, 0.3) is 0 Å². The first-order valence-electron chi connectivity index (χ1n) is 7.43. The van der Waals surface area contributed by atoms with Crippen molar-refractivity contribution in [2.24, 2.45) is 5.92 Å². The molecular formula is C17H24N2. The number of aryl methyl sites for hydroxylation is 1. The zero-order chi connectivity index (χ0) is 13.7. The molecule has 0 atom stereocenters. The fourth-order valence-electron chi connectivity index (χ4n) is 3.05. The van der Waals surface area contributed by atoms with E-state index in [1.165, 1.54) is 31.2 Å². The van der Waals surface area contributed by atoms with Gasteiger partial charge in [-0.2, -0.15) is 5.26 Å². The fraction of sp³-hybridized carbons (Fsp3) is 0.588. The van der Waals surface area contributed by atoms with Crippen molar-refractivity contribution in [3.8, 4) is 6.07 Å². The van der Waals surface area contributed by atoms with E-state index in [1.54, 1.807) is 0 Å². The Kier molecular flexibility index (Phi) is 4.47. The topological polar surface area (TPSA) is 35.8 Å². The van der Waals surface area contributed by atoms with Crippen molar-refractivity contribution in [2.75, 3.05) is 5.32 Å². The van der Waals surface area contributed by atoms with E-state index in [2.05, 4.69) is 49.5 Å². The van der Waals surface area contributed by atoms with Crippen LogP contribution in [0, 0.1) is 24.2 Å². The molecule has 0 aromatic heterocycles. The smallest absolute Gasteiger partial charge is 0.125 e. The van der Waals surface area contributed by atoms with E-state index >= 15 is 0 Å². The van der Waals surface area contributed by atoms with Gasteiger partial charge in [0.1, 0.15) is 5.54 Å². The van der Waals surface area contributed by atoms with Crippen molar-refractivity contribution in [3.05, 3.63) is 29.8 Å². The number of nitrogens with one attached hydrogen (secondary N) is 1. The molecule has 1 aliphatic rings. The van der Waals surface area contributed by atoms with Gasteiger partial charge in [-0.25, -0.2) is 0 Å². The van der Waals surface area contributed by atoms with Crippen LogP contribution in [0.2, 0.25) is 0 Å². The Hall–Kier alpha value is -1.49. The molecule has 2 nitrogen and oxygen atoms in total. The normalized spacial score (nSPS) is 26.7. The molecule has 19 heavy (non-hydrogen) atoms. The minimum absolute atomic E-state index is 0.348. The SMILES string of the molecule is CCCC1CCC(C#N)(Nc2ccc(C)cc2)CC1. The quantitative estimate of drug-likeness (QED) is 0.850. The molecule has 2 heteroatoms. The van der Waals surface area contributed by atoms with Crippen LogP contribution >= 0.6 is 0 Å². The summed E-state index contributed by atoms with van der Waals surface area (Å²) in [7, 11) is 0. The molecule has 102 valence electrons. The second kappa shape index (κ2) is 6.10. The van der Waals surface area contributed by atoms with Gasteiger partial charge in [-0.05, 0) is 50.7 Å². The van der Waals surface area contributed by atoms with Crippen molar-refractivity contribution in [3.63, 3.8) is 0 Å². The predicted octanol–water partition coefficient (Wildman–Crippen LogP) is 4.66. The Morgan fingerprint density at radius 1 is 1.26 bits per heavy atom. The molecule has 0 heterocycles. The zero-order valence-corrected chi connectivity index (χ0v) is 12.1. The van der Waals surface area contributed by atoms with Crippen LogP contribution < -0.4 is 5.32 Å².